The summed E-state index contributed by atoms with van der Waals surface area (Å²) in [7, 11) is 1.39. The molecule has 2 aliphatic rings. The van der Waals surface area contributed by atoms with Crippen molar-refractivity contribution in [2.75, 3.05) is 13.8 Å². The van der Waals surface area contributed by atoms with E-state index in [0.717, 1.165) is 21.1 Å². The molecule has 0 radical (unpaired) electrons. The summed E-state index contributed by atoms with van der Waals surface area (Å²) in [5.41, 5.74) is 3.55. The van der Waals surface area contributed by atoms with Crippen molar-refractivity contribution in [1.82, 2.24) is 10.3 Å². The first-order valence-electron chi connectivity index (χ1n) is 10.2. The summed E-state index contributed by atoms with van der Waals surface area (Å²) in [6, 6.07) is 13.2. The molecule has 6 nitrogen and oxygen atoms in total. The van der Waals surface area contributed by atoms with E-state index in [1.54, 1.807) is 23.2 Å². The van der Waals surface area contributed by atoms with E-state index in [4.69, 9.17) is 33.0 Å². The number of nitrogens with zero attached hydrogens (tertiary/aromatic N) is 2. The summed E-state index contributed by atoms with van der Waals surface area (Å²) in [4.78, 5) is 25.1. The number of thioether (sulfide) groups is 1. The Hall–Kier alpha value is -2.74. The lowest BCUT2D eigenvalue weighted by Crippen LogP contribution is -2.42. The van der Waals surface area contributed by atoms with E-state index < -0.39 is 0 Å². The Kier molecular flexibility index (Phi) is 7.12. The second-order valence-corrected chi connectivity index (χ2v) is 9.35. The van der Waals surface area contributed by atoms with E-state index in [1.807, 2.05) is 37.3 Å². The van der Waals surface area contributed by atoms with Crippen molar-refractivity contribution in [3.8, 4) is 0 Å². The van der Waals surface area contributed by atoms with Gasteiger partial charge in [0.05, 0.1) is 28.4 Å². The zero-order valence-electron chi connectivity index (χ0n) is 18.0. The highest BCUT2D eigenvalue weighted by atomic mass is 35.5. The van der Waals surface area contributed by atoms with Crippen molar-refractivity contribution in [3.63, 3.8) is 0 Å². The first-order chi connectivity index (χ1) is 15.9. The molecule has 0 fully saturated rings. The monoisotopic (exact) mass is 501 g/mol. The summed E-state index contributed by atoms with van der Waals surface area (Å²) in [5.74, 6) is -0.463. The maximum Gasteiger partial charge on any atom is 0.305 e. The number of allylic oxidation sites excluding steroid dienone is 1. The second kappa shape index (κ2) is 10.0. The van der Waals surface area contributed by atoms with E-state index >= 15 is 0 Å². The van der Waals surface area contributed by atoms with Crippen molar-refractivity contribution in [2.24, 2.45) is 5.10 Å². The van der Waals surface area contributed by atoms with Gasteiger partial charge in [0.25, 0.3) is 5.91 Å². The molecule has 9 heteroatoms. The maximum atomic E-state index is 12.8. The topological polar surface area (TPSA) is 71.0 Å². The standard InChI is InChI=1S/C24H21Cl2N3O3S/c1-14-12-19-22(21-17(25)4-3-5-18(21)26)23(31)27-13-29(19)28-24(14)33-16-9-6-15(7-10-16)8-11-20(30)32-2/h3-7,9-10,12H,8,11,13H2,1-2H3,(H,27,31). The molecular weight excluding hydrogens is 481 g/mol. The Labute approximate surface area is 206 Å². The molecule has 0 saturated carbocycles. The van der Waals surface area contributed by atoms with Crippen molar-refractivity contribution < 1.29 is 14.3 Å². The Bertz CT molecular complexity index is 1190. The summed E-state index contributed by atoms with van der Waals surface area (Å²) in [5, 5.41) is 11.0. The van der Waals surface area contributed by atoms with Crippen molar-refractivity contribution in [1.29, 1.82) is 0 Å². The van der Waals surface area contributed by atoms with Crippen LogP contribution in [0.2, 0.25) is 10.0 Å². The number of carbonyl (C=O) groups is 2. The van der Waals surface area contributed by atoms with Gasteiger partial charge in [-0.25, -0.2) is 5.01 Å². The number of esters is 1. The maximum absolute atomic E-state index is 12.8. The van der Waals surface area contributed by atoms with Crippen LogP contribution in [0.5, 0.6) is 0 Å². The highest BCUT2D eigenvalue weighted by Crippen LogP contribution is 2.38. The molecule has 2 aromatic rings. The number of fused-ring (bicyclic) bond motifs is 1. The predicted molar refractivity (Wildman–Crippen MR) is 132 cm³/mol. The van der Waals surface area contributed by atoms with Gasteiger partial charge in [-0.1, -0.05) is 53.2 Å². The van der Waals surface area contributed by atoms with Crippen molar-refractivity contribution in [2.45, 2.75) is 24.7 Å². The van der Waals surface area contributed by atoms with Crippen LogP contribution >= 0.6 is 35.0 Å². The lowest BCUT2D eigenvalue weighted by atomic mass is 9.99. The van der Waals surface area contributed by atoms with Crippen LogP contribution in [0.1, 0.15) is 24.5 Å². The fraction of sp³-hybridized carbons (Fsp3) is 0.208. The highest BCUT2D eigenvalue weighted by molar-refractivity contribution is 8.14. The molecule has 0 saturated heterocycles. The molecule has 2 aromatic carbocycles. The average Bonchev–Trinajstić information content (AvgIpc) is 2.80. The molecule has 1 amide bonds. The van der Waals surface area contributed by atoms with Gasteiger partial charge in [0.15, 0.2) is 0 Å². The van der Waals surface area contributed by atoms with Crippen LogP contribution < -0.4 is 5.32 Å². The average molecular weight is 502 g/mol. The number of hydrogen-bond acceptors (Lipinski definition) is 6. The van der Waals surface area contributed by atoms with Gasteiger partial charge < -0.3 is 10.1 Å². The predicted octanol–water partition coefficient (Wildman–Crippen LogP) is 5.27. The molecule has 0 unspecified atom stereocenters. The molecule has 33 heavy (non-hydrogen) atoms. The molecule has 4 rings (SSSR count). The molecule has 170 valence electrons. The number of rotatable bonds is 5. The van der Waals surface area contributed by atoms with Crippen LogP contribution in [-0.4, -0.2) is 35.7 Å². The molecule has 0 bridgehead atoms. The largest absolute Gasteiger partial charge is 0.469 e. The summed E-state index contributed by atoms with van der Waals surface area (Å²) < 4.78 is 4.69. The molecule has 2 aliphatic heterocycles. The quantitative estimate of drug-likeness (QED) is 0.565. The van der Waals surface area contributed by atoms with E-state index in [0.29, 0.717) is 39.7 Å². The molecular formula is C24H21Cl2N3O3S. The molecule has 0 aromatic heterocycles. The van der Waals surface area contributed by atoms with Gasteiger partial charge in [0, 0.05) is 16.9 Å². The number of ether oxygens (including phenoxy) is 1. The van der Waals surface area contributed by atoms with Crippen LogP contribution in [0, 0.1) is 0 Å². The Morgan fingerprint density at radius 3 is 2.55 bits per heavy atom. The molecule has 1 N–H and O–H groups in total. The lowest BCUT2D eigenvalue weighted by Gasteiger charge is -2.32. The minimum Gasteiger partial charge on any atom is -0.469 e. The number of methoxy groups -OCH3 is 1. The minimum atomic E-state index is -0.242. The third-order valence-electron chi connectivity index (χ3n) is 5.25. The number of halogens is 2. The second-order valence-electron chi connectivity index (χ2n) is 7.48. The van der Waals surface area contributed by atoms with Gasteiger partial charge in [-0.05, 0) is 54.8 Å². The van der Waals surface area contributed by atoms with Gasteiger partial charge in [0.2, 0.25) is 0 Å². The number of carbonyl (C=O) groups excluding carboxylic acids is 2. The van der Waals surface area contributed by atoms with E-state index in [2.05, 4.69) is 5.32 Å². The molecule has 0 aliphatic carbocycles. The van der Waals surface area contributed by atoms with Crippen molar-refractivity contribution in [3.05, 3.63) is 81.0 Å². The van der Waals surface area contributed by atoms with E-state index in [9.17, 15) is 9.59 Å². The van der Waals surface area contributed by atoms with Gasteiger partial charge >= 0.3 is 5.97 Å². The number of aryl methyl sites for hydroxylation is 1. The number of hydrazone groups is 1. The van der Waals surface area contributed by atoms with Crippen molar-refractivity contribution >= 4 is 57.5 Å². The summed E-state index contributed by atoms with van der Waals surface area (Å²) in [6.07, 6.45) is 2.92. The number of hydrogen-bond donors (Lipinski definition) is 1. The zero-order chi connectivity index (χ0) is 23.5. The van der Waals surface area contributed by atoms with Crippen LogP contribution in [0.15, 0.2) is 69.8 Å². The fourth-order valence-corrected chi connectivity index (χ4v) is 4.96. The van der Waals surface area contributed by atoms with Crippen LogP contribution in [0.3, 0.4) is 0 Å². The smallest absolute Gasteiger partial charge is 0.305 e. The zero-order valence-corrected chi connectivity index (χ0v) is 20.4. The SMILES string of the molecule is COC(=O)CCc1ccc(SC2=NN3CNC(=O)C(c4c(Cl)cccc4Cl)=C3C=C2C)cc1. The number of amides is 1. The first kappa shape index (κ1) is 23.4. The number of nitrogens with one attached hydrogen (secondary N) is 1. The number of benzene rings is 2. The van der Waals surface area contributed by atoms with E-state index in [1.165, 1.54) is 18.9 Å². The lowest BCUT2D eigenvalue weighted by molar-refractivity contribution is -0.140. The first-order valence-corrected chi connectivity index (χ1v) is 11.8. The fourth-order valence-electron chi connectivity index (χ4n) is 3.52. The van der Waals surface area contributed by atoms with Crippen LogP contribution in [0.4, 0.5) is 0 Å². The van der Waals surface area contributed by atoms with Gasteiger partial charge in [-0.15, -0.1) is 0 Å². The van der Waals surface area contributed by atoms with Gasteiger partial charge in [-0.2, -0.15) is 5.10 Å². The van der Waals surface area contributed by atoms with Gasteiger partial charge in [-0.3, -0.25) is 9.59 Å². The van der Waals surface area contributed by atoms with Crippen LogP contribution in [0.25, 0.3) is 5.57 Å². The Morgan fingerprint density at radius 2 is 1.88 bits per heavy atom. The molecule has 0 spiro atoms. The normalized spacial score (nSPS) is 15.5. The third kappa shape index (κ3) is 5.11. The summed E-state index contributed by atoms with van der Waals surface area (Å²) in [6.45, 7) is 2.21. The molecule has 2 heterocycles. The highest BCUT2D eigenvalue weighted by Gasteiger charge is 2.31. The van der Waals surface area contributed by atoms with Gasteiger partial charge in [0.1, 0.15) is 11.7 Å². The minimum absolute atomic E-state index is 0.222. The van der Waals surface area contributed by atoms with Crippen LogP contribution in [-0.2, 0) is 20.7 Å². The van der Waals surface area contributed by atoms with E-state index in [-0.39, 0.29) is 18.5 Å². The Balaban J connectivity index is 1.58. The molecule has 0 atom stereocenters. The third-order valence-corrected chi connectivity index (χ3v) is 6.98. The Morgan fingerprint density at radius 1 is 1.18 bits per heavy atom. The summed E-state index contributed by atoms with van der Waals surface area (Å²) >= 11 is 14.3.